The summed E-state index contributed by atoms with van der Waals surface area (Å²) in [6.07, 6.45) is 1.54. The Balaban J connectivity index is 1.64. The number of aryl methyl sites for hydroxylation is 1. The third kappa shape index (κ3) is 4.87. The maximum atomic E-state index is 12.8. The third-order valence-corrected chi connectivity index (χ3v) is 5.13. The summed E-state index contributed by atoms with van der Waals surface area (Å²) in [5.41, 5.74) is 1.47. The molecule has 0 unspecified atom stereocenters. The van der Waals surface area contributed by atoms with Crippen molar-refractivity contribution in [1.29, 1.82) is 0 Å². The van der Waals surface area contributed by atoms with Crippen molar-refractivity contribution in [2.45, 2.75) is 19.8 Å². The fraction of sp³-hybridized carbons (Fsp3) is 0.409. The minimum atomic E-state index is -0.267. The number of hydrogen-bond acceptors (Lipinski definition) is 4. The maximum Gasteiger partial charge on any atom is 0.253 e. The molecular weight excluding hydrogens is 342 g/mol. The summed E-state index contributed by atoms with van der Waals surface area (Å²) in [6, 6.07) is 15.0. The van der Waals surface area contributed by atoms with Crippen molar-refractivity contribution >= 4 is 5.91 Å². The van der Waals surface area contributed by atoms with Gasteiger partial charge in [0.15, 0.2) is 0 Å². The Labute approximate surface area is 160 Å². The van der Waals surface area contributed by atoms with Crippen LogP contribution in [0.5, 0.6) is 11.5 Å². The van der Waals surface area contributed by atoms with Gasteiger partial charge < -0.3 is 19.5 Å². The first-order valence-electron chi connectivity index (χ1n) is 9.30. The van der Waals surface area contributed by atoms with Gasteiger partial charge >= 0.3 is 0 Å². The van der Waals surface area contributed by atoms with Crippen LogP contribution in [-0.4, -0.2) is 49.3 Å². The predicted molar refractivity (Wildman–Crippen MR) is 104 cm³/mol. The topological polar surface area (TPSA) is 59.0 Å². The number of carbonyl (C=O) groups is 1. The van der Waals surface area contributed by atoms with E-state index in [-0.39, 0.29) is 17.9 Å². The largest absolute Gasteiger partial charge is 0.457 e. The van der Waals surface area contributed by atoms with Gasteiger partial charge in [0.05, 0.1) is 6.61 Å². The van der Waals surface area contributed by atoms with E-state index in [2.05, 4.69) is 0 Å². The second kappa shape index (κ2) is 8.55. The lowest BCUT2D eigenvalue weighted by Crippen LogP contribution is -2.44. The molecule has 1 aliphatic rings. The molecule has 1 amide bonds. The SMILES string of the molecule is Cc1cccc(Oc2ccc(C(=O)N(C)CC3(CO)CCOCC3)cc2)c1. The van der Waals surface area contributed by atoms with Crippen LogP contribution in [0, 0.1) is 12.3 Å². The molecule has 0 saturated carbocycles. The van der Waals surface area contributed by atoms with Crippen LogP contribution in [-0.2, 0) is 4.74 Å². The molecule has 27 heavy (non-hydrogen) atoms. The monoisotopic (exact) mass is 369 g/mol. The minimum Gasteiger partial charge on any atom is -0.457 e. The van der Waals surface area contributed by atoms with Crippen LogP contribution < -0.4 is 4.74 Å². The average molecular weight is 369 g/mol. The van der Waals surface area contributed by atoms with E-state index >= 15 is 0 Å². The summed E-state index contributed by atoms with van der Waals surface area (Å²) in [7, 11) is 1.78. The summed E-state index contributed by atoms with van der Waals surface area (Å²) in [6.45, 7) is 3.87. The summed E-state index contributed by atoms with van der Waals surface area (Å²) < 4.78 is 11.2. The van der Waals surface area contributed by atoms with Gasteiger partial charge in [-0.05, 0) is 61.7 Å². The molecule has 1 heterocycles. The highest BCUT2D eigenvalue weighted by Gasteiger charge is 2.34. The normalized spacial score (nSPS) is 16.0. The molecule has 1 N–H and O–H groups in total. The van der Waals surface area contributed by atoms with E-state index in [1.807, 2.05) is 31.2 Å². The van der Waals surface area contributed by atoms with Gasteiger partial charge in [0.25, 0.3) is 5.91 Å². The van der Waals surface area contributed by atoms with Crippen LogP contribution in [0.2, 0.25) is 0 Å². The van der Waals surface area contributed by atoms with Crippen molar-refractivity contribution in [1.82, 2.24) is 4.90 Å². The number of amides is 1. The molecule has 1 fully saturated rings. The second-order valence-corrected chi connectivity index (χ2v) is 7.37. The van der Waals surface area contributed by atoms with Crippen molar-refractivity contribution in [3.05, 3.63) is 59.7 Å². The molecule has 5 nitrogen and oxygen atoms in total. The molecule has 0 radical (unpaired) electrons. The molecule has 1 saturated heterocycles. The van der Waals surface area contributed by atoms with Crippen molar-refractivity contribution in [2.75, 3.05) is 33.4 Å². The molecule has 2 aromatic carbocycles. The zero-order chi connectivity index (χ0) is 19.3. The maximum absolute atomic E-state index is 12.8. The molecule has 2 aromatic rings. The lowest BCUT2D eigenvalue weighted by molar-refractivity contribution is -0.0282. The molecule has 5 heteroatoms. The van der Waals surface area contributed by atoms with Gasteiger partial charge in [-0.25, -0.2) is 0 Å². The standard InChI is InChI=1S/C22H27NO4/c1-17-4-3-5-20(14-17)27-19-8-6-18(7-9-19)21(25)23(2)15-22(16-24)10-12-26-13-11-22/h3-9,14,24H,10-13,15-16H2,1-2H3. The van der Waals surface area contributed by atoms with Gasteiger partial charge in [-0.15, -0.1) is 0 Å². The molecular formula is C22H27NO4. The van der Waals surface area contributed by atoms with Gasteiger partial charge in [-0.1, -0.05) is 12.1 Å². The van der Waals surface area contributed by atoms with Crippen LogP contribution in [0.3, 0.4) is 0 Å². The van der Waals surface area contributed by atoms with Crippen LogP contribution in [0.1, 0.15) is 28.8 Å². The Kier molecular flexibility index (Phi) is 6.14. The van der Waals surface area contributed by atoms with Crippen LogP contribution in [0.15, 0.2) is 48.5 Å². The molecule has 0 spiro atoms. The minimum absolute atomic E-state index is 0.0589. The van der Waals surface area contributed by atoms with E-state index in [4.69, 9.17) is 9.47 Å². The van der Waals surface area contributed by atoms with E-state index in [0.717, 1.165) is 24.2 Å². The Morgan fingerprint density at radius 1 is 1.15 bits per heavy atom. The molecule has 0 atom stereocenters. The van der Waals surface area contributed by atoms with Gasteiger partial charge in [-0.2, -0.15) is 0 Å². The van der Waals surface area contributed by atoms with Crippen LogP contribution in [0.4, 0.5) is 0 Å². The van der Waals surface area contributed by atoms with E-state index in [9.17, 15) is 9.90 Å². The zero-order valence-electron chi connectivity index (χ0n) is 16.0. The van der Waals surface area contributed by atoms with Gasteiger partial charge in [0.2, 0.25) is 0 Å². The van der Waals surface area contributed by atoms with E-state index in [1.54, 1.807) is 36.2 Å². The smallest absolute Gasteiger partial charge is 0.253 e. The number of nitrogens with zero attached hydrogens (tertiary/aromatic N) is 1. The van der Waals surface area contributed by atoms with E-state index in [1.165, 1.54) is 0 Å². The van der Waals surface area contributed by atoms with Gasteiger partial charge in [0, 0.05) is 37.8 Å². The number of benzene rings is 2. The summed E-state index contributed by atoms with van der Waals surface area (Å²) in [5, 5.41) is 9.83. The average Bonchev–Trinajstić information content (AvgIpc) is 2.69. The van der Waals surface area contributed by atoms with Crippen LogP contribution in [0.25, 0.3) is 0 Å². The first-order valence-corrected chi connectivity index (χ1v) is 9.30. The Bertz CT molecular complexity index is 766. The highest BCUT2D eigenvalue weighted by Crippen LogP contribution is 2.31. The molecule has 0 aromatic heterocycles. The fourth-order valence-electron chi connectivity index (χ4n) is 3.45. The molecule has 1 aliphatic heterocycles. The number of rotatable bonds is 6. The Morgan fingerprint density at radius 3 is 2.48 bits per heavy atom. The van der Waals surface area contributed by atoms with Crippen molar-refractivity contribution < 1.29 is 19.4 Å². The lowest BCUT2D eigenvalue weighted by Gasteiger charge is -2.38. The first-order chi connectivity index (χ1) is 13.0. The summed E-state index contributed by atoms with van der Waals surface area (Å²) in [5.74, 6) is 1.41. The Morgan fingerprint density at radius 2 is 1.85 bits per heavy atom. The van der Waals surface area contributed by atoms with Crippen LogP contribution >= 0.6 is 0 Å². The number of aliphatic hydroxyl groups is 1. The Hall–Kier alpha value is -2.37. The lowest BCUT2D eigenvalue weighted by atomic mass is 9.80. The van der Waals surface area contributed by atoms with E-state index < -0.39 is 0 Å². The van der Waals surface area contributed by atoms with Crippen molar-refractivity contribution in [3.63, 3.8) is 0 Å². The molecule has 0 aliphatic carbocycles. The van der Waals surface area contributed by atoms with E-state index in [0.29, 0.717) is 31.1 Å². The van der Waals surface area contributed by atoms with Gasteiger partial charge in [-0.3, -0.25) is 4.79 Å². The molecule has 144 valence electrons. The summed E-state index contributed by atoms with van der Waals surface area (Å²) >= 11 is 0. The number of hydrogen-bond donors (Lipinski definition) is 1. The van der Waals surface area contributed by atoms with Crippen molar-refractivity contribution in [2.24, 2.45) is 5.41 Å². The first kappa shape index (κ1) is 19.4. The molecule has 3 rings (SSSR count). The fourth-order valence-corrected chi connectivity index (χ4v) is 3.45. The second-order valence-electron chi connectivity index (χ2n) is 7.37. The molecule has 0 bridgehead atoms. The number of aliphatic hydroxyl groups excluding tert-OH is 1. The quantitative estimate of drug-likeness (QED) is 0.844. The van der Waals surface area contributed by atoms with Gasteiger partial charge in [0.1, 0.15) is 11.5 Å². The van der Waals surface area contributed by atoms with Crippen molar-refractivity contribution in [3.8, 4) is 11.5 Å². The zero-order valence-corrected chi connectivity index (χ0v) is 16.0. The highest BCUT2D eigenvalue weighted by molar-refractivity contribution is 5.94. The predicted octanol–water partition coefficient (Wildman–Crippen LogP) is 3.65. The highest BCUT2D eigenvalue weighted by atomic mass is 16.5. The number of carbonyl (C=O) groups excluding carboxylic acids is 1. The number of ether oxygens (including phenoxy) is 2. The third-order valence-electron chi connectivity index (χ3n) is 5.13. The summed E-state index contributed by atoms with van der Waals surface area (Å²) in [4.78, 5) is 14.5.